The van der Waals surface area contributed by atoms with Gasteiger partial charge in [-0.15, -0.1) is 0 Å². The molecule has 0 radical (unpaired) electrons. The van der Waals surface area contributed by atoms with Gasteiger partial charge < -0.3 is 5.32 Å². The van der Waals surface area contributed by atoms with E-state index in [1.807, 2.05) is 0 Å². The molecule has 0 heterocycles. The van der Waals surface area contributed by atoms with Crippen molar-refractivity contribution in [2.75, 3.05) is 6.54 Å². The maximum Gasteiger partial charge on any atom is 0.251 e. The summed E-state index contributed by atoms with van der Waals surface area (Å²) in [5, 5.41) is 2.86. The molecular weight excluding hydrogens is 241 g/mol. The largest absolute Gasteiger partial charge is 0.352 e. The minimum Gasteiger partial charge on any atom is -0.352 e. The monoisotopic (exact) mass is 265 g/mol. The number of unbranched alkanes of at least 4 members (excludes halogenated alkanes) is 6. The third-order valence-corrected chi connectivity index (χ3v) is 3.17. The number of hydrogen-bond donors (Lipinski definition) is 1. The normalized spacial score (nSPS) is 10.4. The maximum atomic E-state index is 12.7. The summed E-state index contributed by atoms with van der Waals surface area (Å²) in [5.74, 6) is -0.436. The lowest BCUT2D eigenvalue weighted by atomic mass is 10.1. The summed E-state index contributed by atoms with van der Waals surface area (Å²) in [6.07, 6.45) is 8.62. The molecule has 1 aromatic rings. The van der Waals surface area contributed by atoms with E-state index in [1.165, 1.54) is 56.4 Å². The number of carbonyl (C=O) groups is 1. The Morgan fingerprint density at radius 3 is 2.21 bits per heavy atom. The van der Waals surface area contributed by atoms with Crippen molar-refractivity contribution in [3.8, 4) is 0 Å². The van der Waals surface area contributed by atoms with Crippen LogP contribution in [0.25, 0.3) is 0 Å². The average Bonchev–Trinajstić information content (AvgIpc) is 2.42. The Hall–Kier alpha value is -1.38. The van der Waals surface area contributed by atoms with Crippen molar-refractivity contribution in [2.45, 2.75) is 51.9 Å². The molecule has 19 heavy (non-hydrogen) atoms. The van der Waals surface area contributed by atoms with E-state index in [0.717, 1.165) is 12.8 Å². The number of carbonyl (C=O) groups excluding carboxylic acids is 1. The zero-order valence-electron chi connectivity index (χ0n) is 11.8. The topological polar surface area (TPSA) is 29.1 Å². The maximum absolute atomic E-state index is 12.7. The van der Waals surface area contributed by atoms with E-state index < -0.39 is 0 Å². The Morgan fingerprint density at radius 1 is 1.00 bits per heavy atom. The van der Waals surface area contributed by atoms with Crippen LogP contribution in [0.5, 0.6) is 0 Å². The molecule has 0 spiro atoms. The lowest BCUT2D eigenvalue weighted by Crippen LogP contribution is -2.24. The molecule has 1 amide bonds. The minimum atomic E-state index is -0.316. The zero-order valence-corrected chi connectivity index (χ0v) is 11.8. The molecule has 0 fully saturated rings. The van der Waals surface area contributed by atoms with Gasteiger partial charge in [0.15, 0.2) is 0 Å². The van der Waals surface area contributed by atoms with Gasteiger partial charge in [-0.2, -0.15) is 0 Å². The first-order valence-electron chi connectivity index (χ1n) is 7.28. The van der Waals surface area contributed by atoms with Gasteiger partial charge in [0.2, 0.25) is 0 Å². The molecule has 0 saturated heterocycles. The average molecular weight is 265 g/mol. The first-order valence-corrected chi connectivity index (χ1v) is 7.28. The summed E-state index contributed by atoms with van der Waals surface area (Å²) < 4.78 is 12.7. The number of nitrogens with one attached hydrogen (secondary N) is 1. The number of benzene rings is 1. The molecule has 1 aromatic carbocycles. The molecule has 0 bridgehead atoms. The van der Waals surface area contributed by atoms with Crippen LogP contribution < -0.4 is 5.32 Å². The highest BCUT2D eigenvalue weighted by molar-refractivity contribution is 5.94. The summed E-state index contributed by atoms with van der Waals surface area (Å²) in [5.41, 5.74) is 0.518. The molecule has 1 N–H and O–H groups in total. The fraction of sp³-hybridized carbons (Fsp3) is 0.562. The zero-order chi connectivity index (χ0) is 13.9. The van der Waals surface area contributed by atoms with Gasteiger partial charge in [0.05, 0.1) is 0 Å². The summed E-state index contributed by atoms with van der Waals surface area (Å²) >= 11 is 0. The molecular formula is C16H24FNO. The number of amides is 1. The van der Waals surface area contributed by atoms with E-state index >= 15 is 0 Å². The molecule has 0 aromatic heterocycles. The Kier molecular flexibility index (Phi) is 7.87. The SMILES string of the molecule is CCCCCCCCCNC(=O)c1ccc(F)cc1. The third-order valence-electron chi connectivity index (χ3n) is 3.17. The molecule has 1 rings (SSSR count). The quantitative estimate of drug-likeness (QED) is 0.662. The smallest absolute Gasteiger partial charge is 0.251 e. The highest BCUT2D eigenvalue weighted by Gasteiger charge is 2.03. The Labute approximate surface area is 115 Å². The molecule has 0 unspecified atom stereocenters. The molecule has 0 aliphatic carbocycles. The number of hydrogen-bond acceptors (Lipinski definition) is 1. The molecule has 0 atom stereocenters. The van der Waals surface area contributed by atoms with Crippen LogP contribution in [0, 0.1) is 5.82 Å². The van der Waals surface area contributed by atoms with Gasteiger partial charge >= 0.3 is 0 Å². The van der Waals surface area contributed by atoms with Crippen LogP contribution >= 0.6 is 0 Å². The van der Waals surface area contributed by atoms with E-state index in [1.54, 1.807) is 0 Å². The summed E-state index contributed by atoms with van der Waals surface area (Å²) in [6.45, 7) is 2.91. The van der Waals surface area contributed by atoms with Gasteiger partial charge in [-0.05, 0) is 30.7 Å². The Bertz CT molecular complexity index is 362. The van der Waals surface area contributed by atoms with Crippen LogP contribution in [0.3, 0.4) is 0 Å². The van der Waals surface area contributed by atoms with Gasteiger partial charge in [-0.3, -0.25) is 4.79 Å². The van der Waals surface area contributed by atoms with E-state index in [-0.39, 0.29) is 11.7 Å². The van der Waals surface area contributed by atoms with Crippen molar-refractivity contribution in [1.29, 1.82) is 0 Å². The van der Waals surface area contributed by atoms with Gasteiger partial charge in [0.1, 0.15) is 5.82 Å². The van der Waals surface area contributed by atoms with E-state index in [4.69, 9.17) is 0 Å². The molecule has 0 aliphatic heterocycles. The second-order valence-electron chi connectivity index (χ2n) is 4.88. The van der Waals surface area contributed by atoms with E-state index in [9.17, 15) is 9.18 Å². The minimum absolute atomic E-state index is 0.119. The fourth-order valence-corrected chi connectivity index (χ4v) is 1.99. The van der Waals surface area contributed by atoms with Gasteiger partial charge in [-0.1, -0.05) is 45.4 Å². The second kappa shape index (κ2) is 9.54. The van der Waals surface area contributed by atoms with Crippen LogP contribution in [0.1, 0.15) is 62.2 Å². The van der Waals surface area contributed by atoms with Crippen molar-refractivity contribution in [3.63, 3.8) is 0 Å². The molecule has 0 aliphatic rings. The Morgan fingerprint density at radius 2 is 1.58 bits per heavy atom. The van der Waals surface area contributed by atoms with Gasteiger partial charge in [0, 0.05) is 12.1 Å². The molecule has 0 saturated carbocycles. The first-order chi connectivity index (χ1) is 9.24. The summed E-state index contributed by atoms with van der Waals surface area (Å²) in [4.78, 5) is 11.7. The molecule has 106 valence electrons. The van der Waals surface area contributed by atoms with Gasteiger partial charge in [0.25, 0.3) is 5.91 Å². The fourth-order valence-electron chi connectivity index (χ4n) is 1.99. The van der Waals surface area contributed by atoms with Gasteiger partial charge in [-0.25, -0.2) is 4.39 Å². The van der Waals surface area contributed by atoms with Crippen LogP contribution in [0.15, 0.2) is 24.3 Å². The van der Waals surface area contributed by atoms with Crippen LogP contribution in [0.4, 0.5) is 4.39 Å². The van der Waals surface area contributed by atoms with Crippen LogP contribution in [0.2, 0.25) is 0 Å². The predicted octanol–water partition coefficient (Wildman–Crippen LogP) is 4.31. The highest BCUT2D eigenvalue weighted by atomic mass is 19.1. The van der Waals surface area contributed by atoms with Crippen molar-refractivity contribution in [2.24, 2.45) is 0 Å². The first kappa shape index (κ1) is 15.7. The van der Waals surface area contributed by atoms with Crippen molar-refractivity contribution in [1.82, 2.24) is 5.32 Å². The van der Waals surface area contributed by atoms with Crippen molar-refractivity contribution in [3.05, 3.63) is 35.6 Å². The number of rotatable bonds is 9. The van der Waals surface area contributed by atoms with Crippen LogP contribution in [-0.4, -0.2) is 12.5 Å². The summed E-state index contributed by atoms with van der Waals surface area (Å²) in [6, 6.07) is 5.64. The summed E-state index contributed by atoms with van der Waals surface area (Å²) in [7, 11) is 0. The highest BCUT2D eigenvalue weighted by Crippen LogP contribution is 2.06. The van der Waals surface area contributed by atoms with Crippen molar-refractivity contribution >= 4 is 5.91 Å². The van der Waals surface area contributed by atoms with Crippen molar-refractivity contribution < 1.29 is 9.18 Å². The standard InChI is InChI=1S/C16H24FNO/c1-2-3-4-5-6-7-8-13-18-16(19)14-9-11-15(17)12-10-14/h9-12H,2-8,13H2,1H3,(H,18,19). The lowest BCUT2D eigenvalue weighted by Gasteiger charge is -2.05. The third kappa shape index (κ3) is 6.94. The predicted molar refractivity (Wildman–Crippen MR) is 76.7 cm³/mol. The lowest BCUT2D eigenvalue weighted by molar-refractivity contribution is 0.0953. The van der Waals surface area contributed by atoms with Crippen LogP contribution in [-0.2, 0) is 0 Å². The Balaban J connectivity index is 2.06. The molecule has 3 heteroatoms. The van der Waals surface area contributed by atoms with E-state index in [0.29, 0.717) is 12.1 Å². The number of halogens is 1. The molecule has 2 nitrogen and oxygen atoms in total. The van der Waals surface area contributed by atoms with E-state index in [2.05, 4.69) is 12.2 Å². The second-order valence-corrected chi connectivity index (χ2v) is 4.88.